The van der Waals surface area contributed by atoms with Crippen LogP contribution in [0.15, 0.2) is 30.4 Å². The second-order valence-electron chi connectivity index (χ2n) is 7.26. The Morgan fingerprint density at radius 1 is 1.04 bits per heavy atom. The number of ether oxygens (including phenoxy) is 2. The fourth-order valence-corrected chi connectivity index (χ4v) is 4.07. The number of methoxy groups -OCH3 is 2. The van der Waals surface area contributed by atoms with E-state index in [1.165, 1.54) is 12.0 Å². The Morgan fingerprint density at radius 2 is 1.68 bits per heavy atom. The summed E-state index contributed by atoms with van der Waals surface area (Å²) in [5.74, 6) is 0.461. The summed E-state index contributed by atoms with van der Waals surface area (Å²) in [6.45, 7) is 0.684. The zero-order chi connectivity index (χ0) is 19.8. The standard InChI is InChI=1S/C20H23N3O5/c1-27-13-7-8-16(17(9-13)28-2)21-20(26)22-10-12(11-22)23-18(24)14-5-3-4-6-15(14)19(23)25/h3-4,7-9,12,14-15H,5-6,10-11H2,1-2H3,(H,21,26)/t14-,15-/m1/s1. The highest BCUT2D eigenvalue weighted by Crippen LogP contribution is 2.37. The average molecular weight is 385 g/mol. The van der Waals surface area contributed by atoms with Crippen LogP contribution in [0.5, 0.6) is 11.5 Å². The maximum atomic E-state index is 12.6. The normalized spacial score (nSPS) is 24.1. The maximum Gasteiger partial charge on any atom is 0.322 e. The summed E-state index contributed by atoms with van der Waals surface area (Å²) in [6, 6.07) is 4.59. The van der Waals surface area contributed by atoms with Crippen LogP contribution in [0.3, 0.4) is 0 Å². The number of imide groups is 1. The van der Waals surface area contributed by atoms with Gasteiger partial charge in [-0.2, -0.15) is 0 Å². The summed E-state index contributed by atoms with van der Waals surface area (Å²) in [5, 5.41) is 2.81. The minimum Gasteiger partial charge on any atom is -0.497 e. The van der Waals surface area contributed by atoms with E-state index in [0.29, 0.717) is 43.1 Å². The third-order valence-corrected chi connectivity index (χ3v) is 5.71. The SMILES string of the molecule is COc1ccc(NC(=O)N2CC(N3C(=O)[C@@H]4CC=CC[C@H]4C3=O)C2)c(OC)c1. The first-order valence-electron chi connectivity index (χ1n) is 9.33. The van der Waals surface area contributed by atoms with Crippen LogP contribution >= 0.6 is 0 Å². The first-order valence-corrected chi connectivity index (χ1v) is 9.33. The lowest BCUT2D eigenvalue weighted by Gasteiger charge is -2.43. The molecule has 0 bridgehead atoms. The van der Waals surface area contributed by atoms with Crippen molar-refractivity contribution < 1.29 is 23.9 Å². The molecule has 2 saturated heterocycles. The van der Waals surface area contributed by atoms with Gasteiger partial charge in [-0.3, -0.25) is 14.5 Å². The molecule has 1 aromatic rings. The molecule has 0 radical (unpaired) electrons. The fourth-order valence-electron chi connectivity index (χ4n) is 4.07. The summed E-state index contributed by atoms with van der Waals surface area (Å²) >= 11 is 0. The summed E-state index contributed by atoms with van der Waals surface area (Å²) in [7, 11) is 3.07. The van der Waals surface area contributed by atoms with Crippen LogP contribution < -0.4 is 14.8 Å². The van der Waals surface area contributed by atoms with Crippen LogP contribution in [0.1, 0.15) is 12.8 Å². The van der Waals surface area contributed by atoms with E-state index in [1.807, 2.05) is 12.2 Å². The number of nitrogens with one attached hydrogen (secondary N) is 1. The van der Waals surface area contributed by atoms with Crippen molar-refractivity contribution in [2.75, 3.05) is 32.6 Å². The Hall–Kier alpha value is -3.03. The second-order valence-corrected chi connectivity index (χ2v) is 7.26. The van der Waals surface area contributed by atoms with E-state index in [4.69, 9.17) is 9.47 Å². The lowest BCUT2D eigenvalue weighted by Crippen LogP contribution is -2.63. The highest BCUT2D eigenvalue weighted by atomic mass is 16.5. The Morgan fingerprint density at radius 3 is 2.25 bits per heavy atom. The number of hydrogen-bond acceptors (Lipinski definition) is 5. The van der Waals surface area contributed by atoms with Crippen LogP contribution in [0, 0.1) is 11.8 Å². The number of likely N-dealkylation sites (tertiary alicyclic amines) is 2. The molecule has 8 heteroatoms. The number of amides is 4. The average Bonchev–Trinajstić information content (AvgIpc) is 2.92. The number of benzene rings is 1. The molecule has 2 fully saturated rings. The molecule has 1 aromatic carbocycles. The van der Waals surface area contributed by atoms with Gasteiger partial charge in [0.2, 0.25) is 11.8 Å². The molecule has 4 amide bonds. The number of nitrogens with zero attached hydrogens (tertiary/aromatic N) is 2. The molecular weight excluding hydrogens is 362 g/mol. The van der Waals surface area contributed by atoms with Gasteiger partial charge >= 0.3 is 6.03 Å². The first-order chi connectivity index (χ1) is 13.5. The predicted octanol–water partition coefficient (Wildman–Crippen LogP) is 1.87. The van der Waals surface area contributed by atoms with Crippen molar-refractivity contribution in [3.8, 4) is 11.5 Å². The van der Waals surface area contributed by atoms with Gasteiger partial charge in [0, 0.05) is 19.2 Å². The van der Waals surface area contributed by atoms with Gasteiger partial charge in [0.05, 0.1) is 37.8 Å². The number of hydrogen-bond donors (Lipinski definition) is 1. The van der Waals surface area contributed by atoms with E-state index in [0.717, 1.165) is 0 Å². The van der Waals surface area contributed by atoms with Crippen LogP contribution in [0.25, 0.3) is 0 Å². The molecule has 28 heavy (non-hydrogen) atoms. The van der Waals surface area contributed by atoms with E-state index >= 15 is 0 Å². The van der Waals surface area contributed by atoms with Gasteiger partial charge in [-0.1, -0.05) is 12.2 Å². The van der Waals surface area contributed by atoms with E-state index in [2.05, 4.69) is 5.32 Å². The van der Waals surface area contributed by atoms with Gasteiger partial charge in [0.25, 0.3) is 0 Å². The van der Waals surface area contributed by atoms with Crippen LogP contribution in [0.4, 0.5) is 10.5 Å². The predicted molar refractivity (Wildman–Crippen MR) is 101 cm³/mol. The van der Waals surface area contributed by atoms with Crippen LogP contribution in [-0.2, 0) is 9.59 Å². The quantitative estimate of drug-likeness (QED) is 0.631. The number of fused-ring (bicyclic) bond motifs is 1. The van der Waals surface area contributed by atoms with Crippen LogP contribution in [-0.4, -0.2) is 61.0 Å². The lowest BCUT2D eigenvalue weighted by molar-refractivity contribution is -0.145. The van der Waals surface area contributed by atoms with E-state index in [1.54, 1.807) is 30.2 Å². The zero-order valence-electron chi connectivity index (χ0n) is 15.9. The smallest absolute Gasteiger partial charge is 0.322 e. The van der Waals surface area contributed by atoms with Crippen molar-refractivity contribution in [2.24, 2.45) is 11.8 Å². The molecular formula is C20H23N3O5. The number of allylic oxidation sites excluding steroid dienone is 2. The van der Waals surface area contributed by atoms with Crippen LogP contribution in [0.2, 0.25) is 0 Å². The first kappa shape index (κ1) is 18.3. The molecule has 1 aliphatic carbocycles. The van der Waals surface area contributed by atoms with E-state index in [-0.39, 0.29) is 35.7 Å². The fraction of sp³-hybridized carbons (Fsp3) is 0.450. The maximum absolute atomic E-state index is 12.6. The Kier molecular flexibility index (Phi) is 4.70. The molecule has 2 heterocycles. The number of anilines is 1. The largest absolute Gasteiger partial charge is 0.497 e. The van der Waals surface area contributed by atoms with Crippen molar-refractivity contribution in [3.05, 3.63) is 30.4 Å². The minimum atomic E-state index is -0.294. The van der Waals surface area contributed by atoms with Crippen molar-refractivity contribution >= 4 is 23.5 Å². The number of urea groups is 1. The minimum absolute atomic E-state index is 0.0961. The van der Waals surface area contributed by atoms with Gasteiger partial charge in [0.1, 0.15) is 11.5 Å². The Bertz CT molecular complexity index is 820. The van der Waals surface area contributed by atoms with E-state index < -0.39 is 0 Å². The van der Waals surface area contributed by atoms with Gasteiger partial charge in [0.15, 0.2) is 0 Å². The highest BCUT2D eigenvalue weighted by molar-refractivity contribution is 6.06. The van der Waals surface area contributed by atoms with E-state index in [9.17, 15) is 14.4 Å². The van der Waals surface area contributed by atoms with Crippen molar-refractivity contribution in [1.82, 2.24) is 9.80 Å². The van der Waals surface area contributed by atoms with Gasteiger partial charge in [-0.05, 0) is 25.0 Å². The Balaban J connectivity index is 1.37. The summed E-state index contributed by atoms with van der Waals surface area (Å²) in [5.41, 5.74) is 0.530. The molecule has 148 valence electrons. The third kappa shape index (κ3) is 2.98. The van der Waals surface area contributed by atoms with Gasteiger partial charge in [-0.25, -0.2) is 4.79 Å². The van der Waals surface area contributed by atoms with Crippen molar-refractivity contribution in [1.29, 1.82) is 0 Å². The second kappa shape index (κ2) is 7.18. The molecule has 3 aliphatic rings. The molecule has 8 nitrogen and oxygen atoms in total. The molecule has 0 saturated carbocycles. The summed E-state index contributed by atoms with van der Waals surface area (Å²) in [4.78, 5) is 40.7. The van der Waals surface area contributed by atoms with Crippen molar-refractivity contribution in [3.63, 3.8) is 0 Å². The monoisotopic (exact) mass is 385 g/mol. The molecule has 2 atom stereocenters. The number of carbonyl (C=O) groups excluding carboxylic acids is 3. The topological polar surface area (TPSA) is 88.2 Å². The molecule has 0 spiro atoms. The van der Waals surface area contributed by atoms with Gasteiger partial charge < -0.3 is 19.7 Å². The molecule has 1 N–H and O–H groups in total. The lowest BCUT2D eigenvalue weighted by atomic mass is 9.85. The van der Waals surface area contributed by atoms with Crippen molar-refractivity contribution in [2.45, 2.75) is 18.9 Å². The Labute approximate surface area is 163 Å². The van der Waals surface area contributed by atoms with Gasteiger partial charge in [-0.15, -0.1) is 0 Å². The number of carbonyl (C=O) groups is 3. The molecule has 2 aliphatic heterocycles. The summed E-state index contributed by atoms with van der Waals surface area (Å²) in [6.07, 6.45) is 5.19. The third-order valence-electron chi connectivity index (χ3n) is 5.71. The zero-order valence-corrected chi connectivity index (χ0v) is 15.9. The molecule has 4 rings (SSSR count). The molecule has 0 aromatic heterocycles. The molecule has 0 unspecified atom stereocenters. The summed E-state index contributed by atoms with van der Waals surface area (Å²) < 4.78 is 10.4. The highest BCUT2D eigenvalue weighted by Gasteiger charge is 2.52. The number of rotatable bonds is 4.